The van der Waals surface area contributed by atoms with Crippen molar-refractivity contribution < 1.29 is 19.7 Å². The van der Waals surface area contributed by atoms with Crippen molar-refractivity contribution >= 4 is 22.0 Å². The van der Waals surface area contributed by atoms with Crippen LogP contribution in [0.15, 0.2) is 60.7 Å². The van der Waals surface area contributed by atoms with Gasteiger partial charge in [0.2, 0.25) is 5.95 Å². The van der Waals surface area contributed by atoms with Crippen molar-refractivity contribution in [2.45, 2.75) is 87.0 Å². The van der Waals surface area contributed by atoms with Crippen molar-refractivity contribution in [2.75, 3.05) is 40.0 Å². The molecule has 49 heavy (non-hydrogen) atoms. The maximum absolute atomic E-state index is 14.7. The Labute approximate surface area is 295 Å². The van der Waals surface area contributed by atoms with Crippen molar-refractivity contribution in [2.24, 2.45) is 11.8 Å². The average molecular weight is 678 g/mol. The lowest BCUT2D eigenvalue weighted by Crippen LogP contribution is -2.26. The minimum absolute atomic E-state index is 0. The van der Waals surface area contributed by atoms with Gasteiger partial charge in [0.1, 0.15) is 18.1 Å². The second kappa shape index (κ2) is 20.7. The number of aromatic amines is 1. The SMILES string of the molecule is CC.CC.CC.CCCc1cc(OC)ccc1/C(=C(\c1ccc(OCCN2CCC(CF)C2)cc1)c1ccc2n[nH]c(F)c2c1)C1CCC1.[HH]. The van der Waals surface area contributed by atoms with E-state index in [0.29, 0.717) is 23.4 Å². The summed E-state index contributed by atoms with van der Waals surface area (Å²) in [6.07, 6.45) is 6.34. The van der Waals surface area contributed by atoms with Crippen LogP contribution in [0, 0.1) is 17.8 Å². The Hall–Kier alpha value is -3.71. The van der Waals surface area contributed by atoms with Crippen LogP contribution in [0.25, 0.3) is 22.0 Å². The first kappa shape index (κ1) is 39.7. The molecular weight excluding hydrogens is 616 g/mol. The number of nitrogens with one attached hydrogen (secondary N) is 1. The largest absolute Gasteiger partial charge is 0.497 e. The molecule has 2 aliphatic rings. The third-order valence-electron chi connectivity index (χ3n) is 9.11. The average Bonchev–Trinajstić information content (AvgIpc) is 3.76. The van der Waals surface area contributed by atoms with E-state index in [1.54, 1.807) is 7.11 Å². The molecule has 1 unspecified atom stereocenters. The molecule has 1 aromatic heterocycles. The first-order chi connectivity index (χ1) is 24.1. The Morgan fingerprint density at radius 1 is 0.918 bits per heavy atom. The monoisotopic (exact) mass is 677 g/mol. The summed E-state index contributed by atoms with van der Waals surface area (Å²) in [6.45, 7) is 17.1. The Kier molecular flexibility index (Phi) is 16.8. The minimum atomic E-state index is -0.419. The molecule has 3 aromatic carbocycles. The summed E-state index contributed by atoms with van der Waals surface area (Å²) < 4.78 is 39.5. The van der Waals surface area contributed by atoms with Gasteiger partial charge in [-0.05, 0) is 108 Å². The number of aromatic nitrogens is 2. The molecule has 1 N–H and O–H groups in total. The number of hydrogen-bond acceptors (Lipinski definition) is 4. The number of hydrogen-bond donors (Lipinski definition) is 1. The van der Waals surface area contributed by atoms with E-state index >= 15 is 0 Å². The van der Waals surface area contributed by atoms with Crippen LogP contribution in [-0.2, 0) is 6.42 Å². The molecule has 2 heterocycles. The van der Waals surface area contributed by atoms with Crippen molar-refractivity contribution in [1.82, 2.24) is 15.1 Å². The highest BCUT2D eigenvalue weighted by molar-refractivity contribution is 6.02. The van der Waals surface area contributed by atoms with E-state index < -0.39 is 5.95 Å². The summed E-state index contributed by atoms with van der Waals surface area (Å²) in [4.78, 5) is 2.28. The molecule has 270 valence electrons. The van der Waals surface area contributed by atoms with Crippen molar-refractivity contribution in [3.63, 3.8) is 0 Å². The summed E-state index contributed by atoms with van der Waals surface area (Å²) >= 11 is 0. The molecular formula is C42H61F2N3O2. The highest BCUT2D eigenvalue weighted by atomic mass is 19.1. The predicted octanol–water partition coefficient (Wildman–Crippen LogP) is 11.4. The molecule has 1 saturated heterocycles. The fourth-order valence-corrected chi connectivity index (χ4v) is 6.56. The molecule has 1 saturated carbocycles. The molecule has 1 aliphatic carbocycles. The normalized spacial score (nSPS) is 16.2. The maximum atomic E-state index is 14.7. The van der Waals surface area contributed by atoms with Gasteiger partial charge in [0.05, 0.1) is 24.7 Å². The van der Waals surface area contributed by atoms with E-state index in [1.807, 2.05) is 65.8 Å². The third kappa shape index (κ3) is 9.94. The van der Waals surface area contributed by atoms with Gasteiger partial charge in [0.25, 0.3) is 0 Å². The number of H-pyrrole nitrogens is 1. The number of benzene rings is 3. The molecule has 2 fully saturated rings. The second-order valence-electron chi connectivity index (χ2n) is 11.9. The molecule has 1 aliphatic heterocycles. The van der Waals surface area contributed by atoms with E-state index in [1.165, 1.54) is 23.1 Å². The van der Waals surface area contributed by atoms with Gasteiger partial charge < -0.3 is 9.47 Å². The number of likely N-dealkylation sites (tertiary alicyclic amines) is 1. The van der Waals surface area contributed by atoms with E-state index in [2.05, 4.69) is 58.4 Å². The highest BCUT2D eigenvalue weighted by Crippen LogP contribution is 2.47. The van der Waals surface area contributed by atoms with Crippen LogP contribution < -0.4 is 9.47 Å². The summed E-state index contributed by atoms with van der Waals surface area (Å²) in [5.74, 6) is 1.82. The van der Waals surface area contributed by atoms with Crippen LogP contribution in [-0.4, -0.2) is 55.1 Å². The summed E-state index contributed by atoms with van der Waals surface area (Å²) in [5.41, 5.74) is 7.60. The van der Waals surface area contributed by atoms with Crippen LogP contribution in [0.3, 0.4) is 0 Å². The topological polar surface area (TPSA) is 50.4 Å². The van der Waals surface area contributed by atoms with Crippen LogP contribution in [0.1, 0.15) is 104 Å². The number of alkyl halides is 1. The van der Waals surface area contributed by atoms with E-state index in [9.17, 15) is 8.78 Å². The molecule has 1 atom stereocenters. The lowest BCUT2D eigenvalue weighted by Gasteiger charge is -2.33. The standard InChI is InChI=1S/C36H41F2N3O2.3C2H6.H2/c1-3-5-27-20-30(42-2)13-14-31(27)35(25-6-4-7-25)34(28-10-15-33-32(21-28)36(38)40-39-33)26-8-11-29(12-9-26)43-19-18-41-17-16-24(22-37)23-41;3*1-2;/h8-15,20-21,24-25H,3-7,16-19,22-23H2,1-2H3,(H,39,40);3*1-2H3;1H/b35-34+;;;;. The van der Waals surface area contributed by atoms with Crippen LogP contribution in [0.5, 0.6) is 11.5 Å². The first-order valence-corrected chi connectivity index (χ1v) is 18.6. The lowest BCUT2D eigenvalue weighted by atomic mass is 9.72. The molecule has 4 aromatic rings. The number of methoxy groups -OCH3 is 1. The fourth-order valence-electron chi connectivity index (χ4n) is 6.56. The Morgan fingerprint density at radius 2 is 1.61 bits per heavy atom. The number of halogens is 2. The number of rotatable bonds is 12. The molecule has 0 amide bonds. The van der Waals surface area contributed by atoms with Crippen molar-refractivity contribution in [3.8, 4) is 11.5 Å². The Bertz CT molecular complexity index is 1580. The summed E-state index contributed by atoms with van der Waals surface area (Å²) in [7, 11) is 1.71. The molecule has 0 radical (unpaired) electrons. The smallest absolute Gasteiger partial charge is 0.216 e. The van der Waals surface area contributed by atoms with Gasteiger partial charge in [-0.1, -0.05) is 85.6 Å². The molecule has 0 spiro atoms. The van der Waals surface area contributed by atoms with Gasteiger partial charge in [-0.3, -0.25) is 14.4 Å². The van der Waals surface area contributed by atoms with Gasteiger partial charge in [0.15, 0.2) is 0 Å². The van der Waals surface area contributed by atoms with Crippen LogP contribution in [0.4, 0.5) is 8.78 Å². The van der Waals surface area contributed by atoms with Crippen LogP contribution >= 0.6 is 0 Å². The van der Waals surface area contributed by atoms with Gasteiger partial charge in [-0.2, -0.15) is 9.49 Å². The number of fused-ring (bicyclic) bond motifs is 1. The quantitative estimate of drug-likeness (QED) is 0.152. The van der Waals surface area contributed by atoms with E-state index in [-0.39, 0.29) is 14.0 Å². The molecule has 5 nitrogen and oxygen atoms in total. The first-order valence-electron chi connectivity index (χ1n) is 18.6. The Balaban J connectivity index is 0.00000118. The zero-order valence-corrected chi connectivity index (χ0v) is 31.2. The number of aryl methyl sites for hydroxylation is 1. The van der Waals surface area contributed by atoms with Crippen LogP contribution in [0.2, 0.25) is 0 Å². The molecule has 7 heteroatoms. The number of nitrogens with zero attached hydrogens (tertiary/aromatic N) is 2. The van der Waals surface area contributed by atoms with Gasteiger partial charge >= 0.3 is 0 Å². The second-order valence-corrected chi connectivity index (χ2v) is 11.9. The number of ether oxygens (including phenoxy) is 2. The maximum Gasteiger partial charge on any atom is 0.216 e. The Morgan fingerprint density at radius 3 is 2.22 bits per heavy atom. The minimum Gasteiger partial charge on any atom is -0.497 e. The zero-order chi connectivity index (χ0) is 35.8. The predicted molar refractivity (Wildman–Crippen MR) is 205 cm³/mol. The summed E-state index contributed by atoms with van der Waals surface area (Å²) in [6, 6.07) is 20.6. The highest BCUT2D eigenvalue weighted by Gasteiger charge is 2.29. The van der Waals surface area contributed by atoms with E-state index in [0.717, 1.165) is 79.9 Å². The zero-order valence-electron chi connectivity index (χ0n) is 31.2. The molecule has 6 rings (SSSR count). The third-order valence-corrected chi connectivity index (χ3v) is 9.11. The fraction of sp³-hybridized carbons (Fsp3) is 0.500. The van der Waals surface area contributed by atoms with E-state index in [4.69, 9.17) is 9.47 Å². The van der Waals surface area contributed by atoms with Gasteiger partial charge in [-0.15, -0.1) is 0 Å². The van der Waals surface area contributed by atoms with Gasteiger partial charge in [0, 0.05) is 20.4 Å². The molecule has 0 bridgehead atoms. The summed E-state index contributed by atoms with van der Waals surface area (Å²) in [5, 5.41) is 7.11. The van der Waals surface area contributed by atoms with Gasteiger partial charge in [-0.25, -0.2) is 0 Å². The van der Waals surface area contributed by atoms with Crippen molar-refractivity contribution in [3.05, 3.63) is 88.9 Å². The number of allylic oxidation sites excluding steroid dienone is 1. The lowest BCUT2D eigenvalue weighted by molar-refractivity contribution is 0.228. The van der Waals surface area contributed by atoms with Crippen molar-refractivity contribution in [1.29, 1.82) is 0 Å².